The molecule has 1 fully saturated rings. The third-order valence-corrected chi connectivity index (χ3v) is 4.32. The number of piperidine rings is 1. The van der Waals surface area contributed by atoms with E-state index in [1.165, 1.54) is 0 Å². The molecule has 0 saturated carbocycles. The molecule has 5 heteroatoms. The van der Waals surface area contributed by atoms with Crippen molar-refractivity contribution in [2.45, 2.75) is 46.1 Å². The summed E-state index contributed by atoms with van der Waals surface area (Å²) in [4.78, 5) is 12.1. The van der Waals surface area contributed by atoms with Gasteiger partial charge in [0.25, 0.3) is 5.91 Å². The first-order chi connectivity index (χ1) is 10.5. The van der Waals surface area contributed by atoms with Gasteiger partial charge in [0.2, 0.25) is 0 Å². The second-order valence-electron chi connectivity index (χ2n) is 6.63. The van der Waals surface area contributed by atoms with Crippen molar-refractivity contribution in [1.29, 1.82) is 0 Å². The van der Waals surface area contributed by atoms with E-state index in [0.29, 0.717) is 11.8 Å². The summed E-state index contributed by atoms with van der Waals surface area (Å²) in [7, 11) is 0. The Bertz CT molecular complexity index is 520. The molecule has 0 aromatic heterocycles. The van der Waals surface area contributed by atoms with Crippen LogP contribution >= 0.6 is 12.4 Å². The molecule has 4 nitrogen and oxygen atoms in total. The summed E-state index contributed by atoms with van der Waals surface area (Å²) in [6, 6.07) is 6.37. The molecule has 1 aromatic carbocycles. The molecule has 1 saturated heterocycles. The number of hydrogen-bond acceptors (Lipinski definition) is 3. The van der Waals surface area contributed by atoms with Gasteiger partial charge in [-0.1, -0.05) is 32.9 Å². The van der Waals surface area contributed by atoms with Gasteiger partial charge in [0.05, 0.1) is 0 Å². The number of benzene rings is 1. The van der Waals surface area contributed by atoms with Gasteiger partial charge in [-0.15, -0.1) is 12.4 Å². The van der Waals surface area contributed by atoms with Crippen LogP contribution in [0.1, 0.15) is 44.2 Å². The van der Waals surface area contributed by atoms with Gasteiger partial charge in [-0.05, 0) is 48.9 Å². The molecular weight excluding hydrogens is 312 g/mol. The van der Waals surface area contributed by atoms with Crippen molar-refractivity contribution in [2.24, 2.45) is 5.92 Å². The summed E-state index contributed by atoms with van der Waals surface area (Å²) in [5.41, 5.74) is 2.29. The molecule has 1 amide bonds. The van der Waals surface area contributed by atoms with E-state index in [1.807, 2.05) is 13.0 Å². The van der Waals surface area contributed by atoms with Crippen molar-refractivity contribution in [2.75, 3.05) is 19.7 Å². The van der Waals surface area contributed by atoms with E-state index >= 15 is 0 Å². The summed E-state index contributed by atoms with van der Waals surface area (Å²) >= 11 is 0. The van der Waals surface area contributed by atoms with Gasteiger partial charge in [-0.3, -0.25) is 4.79 Å². The maximum absolute atomic E-state index is 12.1. The first kappa shape index (κ1) is 19.8. The van der Waals surface area contributed by atoms with Gasteiger partial charge in [-0.2, -0.15) is 0 Å². The highest BCUT2D eigenvalue weighted by atomic mass is 35.5. The molecule has 2 rings (SSSR count). The number of rotatable bonds is 5. The van der Waals surface area contributed by atoms with Crippen LogP contribution in [0.4, 0.5) is 0 Å². The fourth-order valence-electron chi connectivity index (χ4n) is 2.82. The van der Waals surface area contributed by atoms with Crippen molar-refractivity contribution < 1.29 is 9.53 Å². The first-order valence-corrected chi connectivity index (χ1v) is 8.20. The van der Waals surface area contributed by atoms with Gasteiger partial charge in [0.15, 0.2) is 6.61 Å². The fraction of sp³-hybridized carbons (Fsp3) is 0.611. The largest absolute Gasteiger partial charge is 0.483 e. The Labute approximate surface area is 145 Å². The number of amides is 1. The molecular formula is C18H29ClN2O2. The van der Waals surface area contributed by atoms with Crippen molar-refractivity contribution in [1.82, 2.24) is 10.6 Å². The number of carbonyl (C=O) groups excluding carboxylic acids is 1. The standard InChI is InChI=1S/C18H28N2O2.ClH/c1-12(2)15-6-5-13(3)9-17(15)22-11-18(21)20-16-10-19-8-7-14(16)4;/h5-6,9,12,14,16,19H,7-8,10-11H2,1-4H3,(H,20,21);1H. The molecule has 0 aliphatic carbocycles. The van der Waals surface area contributed by atoms with Crippen LogP contribution in [0.3, 0.4) is 0 Å². The maximum Gasteiger partial charge on any atom is 0.258 e. The lowest BCUT2D eigenvalue weighted by atomic mass is 9.95. The Balaban J connectivity index is 0.00000264. The minimum atomic E-state index is -0.0447. The minimum absolute atomic E-state index is 0. The topological polar surface area (TPSA) is 50.4 Å². The third kappa shape index (κ3) is 5.70. The summed E-state index contributed by atoms with van der Waals surface area (Å²) in [6.45, 7) is 10.4. The Morgan fingerprint density at radius 1 is 1.43 bits per heavy atom. The molecule has 2 N–H and O–H groups in total. The van der Waals surface area contributed by atoms with Crippen LogP contribution in [0.15, 0.2) is 18.2 Å². The Kier molecular flexibility index (Phi) is 7.86. The number of ether oxygens (including phenoxy) is 1. The van der Waals surface area contributed by atoms with Crippen LogP contribution < -0.4 is 15.4 Å². The average molecular weight is 341 g/mol. The second-order valence-corrected chi connectivity index (χ2v) is 6.63. The number of carbonyl (C=O) groups is 1. The molecule has 23 heavy (non-hydrogen) atoms. The van der Waals surface area contributed by atoms with Crippen molar-refractivity contribution in [3.8, 4) is 5.75 Å². The molecule has 1 aliphatic heterocycles. The van der Waals surface area contributed by atoms with Crippen LogP contribution in [0, 0.1) is 12.8 Å². The number of halogens is 1. The van der Waals surface area contributed by atoms with Gasteiger partial charge in [-0.25, -0.2) is 0 Å². The van der Waals surface area contributed by atoms with E-state index in [9.17, 15) is 4.79 Å². The predicted octanol–water partition coefficient (Wildman–Crippen LogP) is 3.03. The lowest BCUT2D eigenvalue weighted by molar-refractivity contribution is -0.124. The molecule has 0 radical (unpaired) electrons. The van der Waals surface area contributed by atoms with Crippen LogP contribution in [-0.2, 0) is 4.79 Å². The van der Waals surface area contributed by atoms with Crippen molar-refractivity contribution in [3.63, 3.8) is 0 Å². The molecule has 1 heterocycles. The summed E-state index contributed by atoms with van der Waals surface area (Å²) in [5.74, 6) is 1.66. The lowest BCUT2D eigenvalue weighted by Gasteiger charge is -2.30. The molecule has 0 spiro atoms. The summed E-state index contributed by atoms with van der Waals surface area (Å²) in [5, 5.41) is 6.40. The van der Waals surface area contributed by atoms with E-state index in [-0.39, 0.29) is 31.0 Å². The monoisotopic (exact) mass is 340 g/mol. The fourth-order valence-corrected chi connectivity index (χ4v) is 2.82. The molecule has 1 aliphatic rings. The third-order valence-electron chi connectivity index (χ3n) is 4.32. The molecule has 1 aromatic rings. The highest BCUT2D eigenvalue weighted by molar-refractivity contribution is 5.85. The Hall–Kier alpha value is -1.26. The Morgan fingerprint density at radius 2 is 2.17 bits per heavy atom. The molecule has 130 valence electrons. The zero-order valence-electron chi connectivity index (χ0n) is 14.5. The van der Waals surface area contributed by atoms with Crippen LogP contribution in [0.2, 0.25) is 0 Å². The van der Waals surface area contributed by atoms with Gasteiger partial charge in [0, 0.05) is 12.6 Å². The number of hydrogen-bond donors (Lipinski definition) is 2. The average Bonchev–Trinajstić information content (AvgIpc) is 2.47. The lowest BCUT2D eigenvalue weighted by Crippen LogP contribution is -2.51. The SMILES string of the molecule is Cc1ccc(C(C)C)c(OCC(=O)NC2CNCCC2C)c1.Cl. The van der Waals surface area contributed by atoms with Gasteiger partial charge >= 0.3 is 0 Å². The number of nitrogens with one attached hydrogen (secondary N) is 2. The van der Waals surface area contributed by atoms with E-state index in [4.69, 9.17) is 4.74 Å². The van der Waals surface area contributed by atoms with Crippen molar-refractivity contribution in [3.05, 3.63) is 29.3 Å². The predicted molar refractivity (Wildman–Crippen MR) is 96.6 cm³/mol. The second kappa shape index (κ2) is 9.14. The minimum Gasteiger partial charge on any atom is -0.483 e. The van der Waals surface area contributed by atoms with Crippen LogP contribution in [0.25, 0.3) is 0 Å². The Morgan fingerprint density at radius 3 is 2.83 bits per heavy atom. The van der Waals surface area contributed by atoms with E-state index < -0.39 is 0 Å². The van der Waals surface area contributed by atoms with Crippen LogP contribution in [-0.4, -0.2) is 31.6 Å². The van der Waals surface area contributed by atoms with Crippen LogP contribution in [0.5, 0.6) is 5.75 Å². The first-order valence-electron chi connectivity index (χ1n) is 8.20. The number of aryl methyl sites for hydroxylation is 1. The van der Waals surface area contributed by atoms with E-state index in [2.05, 4.69) is 43.5 Å². The van der Waals surface area contributed by atoms with E-state index in [1.54, 1.807) is 0 Å². The summed E-state index contributed by atoms with van der Waals surface area (Å²) < 4.78 is 5.79. The maximum atomic E-state index is 12.1. The van der Waals surface area contributed by atoms with Gasteiger partial charge < -0.3 is 15.4 Å². The quantitative estimate of drug-likeness (QED) is 0.866. The highest BCUT2D eigenvalue weighted by Crippen LogP contribution is 2.27. The van der Waals surface area contributed by atoms with E-state index in [0.717, 1.165) is 36.4 Å². The van der Waals surface area contributed by atoms with Gasteiger partial charge in [0.1, 0.15) is 5.75 Å². The van der Waals surface area contributed by atoms with Crippen molar-refractivity contribution >= 4 is 18.3 Å². The zero-order valence-corrected chi connectivity index (χ0v) is 15.3. The summed E-state index contributed by atoms with van der Waals surface area (Å²) in [6.07, 6.45) is 1.10. The molecule has 2 unspecified atom stereocenters. The smallest absolute Gasteiger partial charge is 0.258 e. The highest BCUT2D eigenvalue weighted by Gasteiger charge is 2.22. The zero-order chi connectivity index (χ0) is 16.1. The normalized spacial score (nSPS) is 20.7. The molecule has 0 bridgehead atoms. The molecule has 2 atom stereocenters.